The number of likely N-dealkylation sites (N-methyl/N-ethyl adjacent to an activating group) is 2. The SMILES string of the molecule is CN1CCc2c(n(C3CC(=O)N(C)C3)c3ccc(Cl)cc23)C1. The van der Waals surface area contributed by atoms with Crippen LogP contribution in [0.15, 0.2) is 18.2 Å². The number of aromatic nitrogens is 1. The first-order chi connectivity index (χ1) is 10.5. The zero-order chi connectivity index (χ0) is 15.4. The summed E-state index contributed by atoms with van der Waals surface area (Å²) >= 11 is 6.22. The van der Waals surface area contributed by atoms with E-state index < -0.39 is 0 Å². The van der Waals surface area contributed by atoms with E-state index in [2.05, 4.69) is 28.6 Å². The van der Waals surface area contributed by atoms with Gasteiger partial charge in [-0.1, -0.05) is 11.6 Å². The lowest BCUT2D eigenvalue weighted by Gasteiger charge is -2.26. The summed E-state index contributed by atoms with van der Waals surface area (Å²) in [4.78, 5) is 16.2. The van der Waals surface area contributed by atoms with Crippen LogP contribution in [0, 0.1) is 0 Å². The minimum Gasteiger partial charge on any atom is -0.344 e. The topological polar surface area (TPSA) is 28.5 Å². The lowest BCUT2D eigenvalue weighted by Crippen LogP contribution is -2.29. The van der Waals surface area contributed by atoms with Gasteiger partial charge in [0.1, 0.15) is 0 Å². The Morgan fingerprint density at radius 1 is 1.27 bits per heavy atom. The first-order valence-electron chi connectivity index (χ1n) is 7.78. The third kappa shape index (κ3) is 2.05. The molecule has 0 radical (unpaired) electrons. The molecule has 116 valence electrons. The first-order valence-corrected chi connectivity index (χ1v) is 8.16. The van der Waals surface area contributed by atoms with Crippen molar-refractivity contribution in [1.82, 2.24) is 14.4 Å². The molecule has 4 rings (SSSR count). The molecule has 1 aromatic heterocycles. The summed E-state index contributed by atoms with van der Waals surface area (Å²) in [6, 6.07) is 6.38. The summed E-state index contributed by atoms with van der Waals surface area (Å²) in [6.45, 7) is 2.81. The van der Waals surface area contributed by atoms with E-state index in [9.17, 15) is 4.79 Å². The van der Waals surface area contributed by atoms with Crippen LogP contribution in [-0.4, -0.2) is 47.5 Å². The molecule has 1 aromatic carbocycles. The Balaban J connectivity index is 1.93. The molecule has 5 heteroatoms. The average Bonchev–Trinajstić information content (AvgIpc) is 2.96. The van der Waals surface area contributed by atoms with Crippen LogP contribution in [0.1, 0.15) is 23.7 Å². The molecular weight excluding hydrogens is 298 g/mol. The third-order valence-corrected chi connectivity index (χ3v) is 5.27. The summed E-state index contributed by atoms with van der Waals surface area (Å²) in [5, 5.41) is 2.04. The molecule has 1 atom stereocenters. The highest BCUT2D eigenvalue weighted by atomic mass is 35.5. The van der Waals surface area contributed by atoms with Crippen molar-refractivity contribution in [2.24, 2.45) is 0 Å². The number of rotatable bonds is 1. The maximum Gasteiger partial charge on any atom is 0.224 e. The van der Waals surface area contributed by atoms with E-state index in [0.717, 1.165) is 31.1 Å². The monoisotopic (exact) mass is 317 g/mol. The number of nitrogens with zero attached hydrogens (tertiary/aromatic N) is 3. The maximum atomic E-state index is 12.0. The Morgan fingerprint density at radius 3 is 2.82 bits per heavy atom. The Labute approximate surface area is 135 Å². The molecule has 1 fully saturated rings. The van der Waals surface area contributed by atoms with E-state index in [4.69, 9.17) is 11.6 Å². The van der Waals surface area contributed by atoms with Crippen molar-refractivity contribution in [2.75, 3.05) is 27.2 Å². The van der Waals surface area contributed by atoms with Gasteiger partial charge < -0.3 is 14.4 Å². The normalized spacial score (nSPS) is 22.6. The molecule has 1 saturated heterocycles. The molecule has 3 heterocycles. The number of carbonyl (C=O) groups is 1. The molecule has 1 amide bonds. The van der Waals surface area contributed by atoms with Crippen molar-refractivity contribution in [2.45, 2.75) is 25.4 Å². The van der Waals surface area contributed by atoms with Gasteiger partial charge in [0.05, 0.1) is 6.04 Å². The number of likely N-dealkylation sites (tertiary alicyclic amines) is 1. The van der Waals surface area contributed by atoms with Gasteiger partial charge in [-0.3, -0.25) is 4.79 Å². The van der Waals surface area contributed by atoms with Gasteiger partial charge in [-0.15, -0.1) is 0 Å². The standard InChI is InChI=1S/C17H20ClN3O/c1-19-6-5-13-14-7-11(18)3-4-15(14)21(16(13)10-19)12-8-17(22)20(2)9-12/h3-4,7,12H,5-6,8-10H2,1-2H3. The van der Waals surface area contributed by atoms with Gasteiger partial charge in [-0.2, -0.15) is 0 Å². The van der Waals surface area contributed by atoms with Gasteiger partial charge >= 0.3 is 0 Å². The minimum absolute atomic E-state index is 0.233. The molecule has 4 nitrogen and oxygen atoms in total. The Kier molecular flexibility index (Phi) is 3.20. The van der Waals surface area contributed by atoms with Crippen molar-refractivity contribution in [1.29, 1.82) is 0 Å². The van der Waals surface area contributed by atoms with E-state index in [1.165, 1.54) is 22.2 Å². The largest absolute Gasteiger partial charge is 0.344 e. The summed E-state index contributed by atoms with van der Waals surface area (Å²) in [7, 11) is 4.05. The van der Waals surface area contributed by atoms with E-state index in [-0.39, 0.29) is 11.9 Å². The lowest BCUT2D eigenvalue weighted by atomic mass is 10.0. The fourth-order valence-electron chi connectivity index (χ4n) is 3.92. The van der Waals surface area contributed by atoms with Crippen molar-refractivity contribution in [3.8, 4) is 0 Å². The summed E-state index contributed by atoms with van der Waals surface area (Å²) < 4.78 is 2.40. The minimum atomic E-state index is 0.233. The number of halogens is 1. The fourth-order valence-corrected chi connectivity index (χ4v) is 4.10. The zero-order valence-corrected chi connectivity index (χ0v) is 13.7. The molecule has 2 aliphatic heterocycles. The van der Waals surface area contributed by atoms with Crippen LogP contribution in [0.25, 0.3) is 10.9 Å². The number of amides is 1. The summed E-state index contributed by atoms with van der Waals surface area (Å²) in [5.74, 6) is 0.235. The van der Waals surface area contributed by atoms with E-state index >= 15 is 0 Å². The first kappa shape index (κ1) is 14.1. The van der Waals surface area contributed by atoms with Crippen LogP contribution in [-0.2, 0) is 17.8 Å². The zero-order valence-electron chi connectivity index (χ0n) is 13.0. The van der Waals surface area contributed by atoms with Gasteiger partial charge in [-0.25, -0.2) is 0 Å². The van der Waals surface area contributed by atoms with E-state index in [1.807, 2.05) is 18.0 Å². The van der Waals surface area contributed by atoms with Crippen molar-refractivity contribution in [3.05, 3.63) is 34.5 Å². The molecule has 2 aliphatic rings. The molecule has 0 aliphatic carbocycles. The molecule has 22 heavy (non-hydrogen) atoms. The Morgan fingerprint density at radius 2 is 2.09 bits per heavy atom. The third-order valence-electron chi connectivity index (χ3n) is 5.03. The van der Waals surface area contributed by atoms with Crippen molar-refractivity contribution < 1.29 is 4.79 Å². The number of benzene rings is 1. The molecule has 0 N–H and O–H groups in total. The number of fused-ring (bicyclic) bond motifs is 3. The van der Waals surface area contributed by atoms with Crippen LogP contribution in [0.5, 0.6) is 0 Å². The van der Waals surface area contributed by atoms with Crippen LogP contribution < -0.4 is 0 Å². The molecular formula is C17H20ClN3O. The van der Waals surface area contributed by atoms with Crippen LogP contribution in [0.3, 0.4) is 0 Å². The molecule has 2 aromatic rings. The summed E-state index contributed by atoms with van der Waals surface area (Å²) in [6.07, 6.45) is 1.64. The highest BCUT2D eigenvalue weighted by molar-refractivity contribution is 6.31. The van der Waals surface area contributed by atoms with Crippen LogP contribution in [0.2, 0.25) is 5.02 Å². The van der Waals surface area contributed by atoms with Crippen LogP contribution >= 0.6 is 11.6 Å². The highest BCUT2D eigenvalue weighted by Crippen LogP contribution is 2.37. The smallest absolute Gasteiger partial charge is 0.224 e. The van der Waals surface area contributed by atoms with Gasteiger partial charge in [0, 0.05) is 54.7 Å². The molecule has 1 unspecified atom stereocenters. The van der Waals surface area contributed by atoms with E-state index in [1.54, 1.807) is 0 Å². The number of hydrogen-bond donors (Lipinski definition) is 0. The molecule has 0 bridgehead atoms. The van der Waals surface area contributed by atoms with Crippen molar-refractivity contribution in [3.63, 3.8) is 0 Å². The van der Waals surface area contributed by atoms with Gasteiger partial charge in [0.15, 0.2) is 0 Å². The van der Waals surface area contributed by atoms with Crippen LogP contribution in [0.4, 0.5) is 0 Å². The average molecular weight is 318 g/mol. The second-order valence-electron chi connectivity index (χ2n) is 6.58. The number of carbonyl (C=O) groups excluding carboxylic acids is 1. The molecule has 0 spiro atoms. The summed E-state index contributed by atoms with van der Waals surface area (Å²) in [5.41, 5.74) is 3.99. The quantitative estimate of drug-likeness (QED) is 0.809. The second-order valence-corrected chi connectivity index (χ2v) is 7.01. The Bertz CT molecular complexity index is 767. The predicted octanol–water partition coefficient (Wildman–Crippen LogP) is 2.69. The van der Waals surface area contributed by atoms with E-state index in [0.29, 0.717) is 6.42 Å². The number of hydrogen-bond acceptors (Lipinski definition) is 2. The highest BCUT2D eigenvalue weighted by Gasteiger charge is 2.32. The Hall–Kier alpha value is -1.52. The van der Waals surface area contributed by atoms with Gasteiger partial charge in [-0.05, 0) is 37.2 Å². The fraction of sp³-hybridized carbons (Fsp3) is 0.471. The second kappa shape index (κ2) is 5.00. The van der Waals surface area contributed by atoms with Gasteiger partial charge in [0.2, 0.25) is 5.91 Å². The lowest BCUT2D eigenvalue weighted by molar-refractivity contribution is -0.126. The molecule has 0 saturated carbocycles. The maximum absolute atomic E-state index is 12.0. The van der Waals surface area contributed by atoms with Gasteiger partial charge in [0.25, 0.3) is 0 Å². The van der Waals surface area contributed by atoms with Crippen molar-refractivity contribution >= 4 is 28.4 Å². The predicted molar refractivity (Wildman–Crippen MR) is 88.3 cm³/mol.